The van der Waals surface area contributed by atoms with Gasteiger partial charge in [0.25, 0.3) is 11.8 Å². The van der Waals surface area contributed by atoms with E-state index in [2.05, 4.69) is 64.5 Å². The minimum absolute atomic E-state index is 0.00896. The predicted octanol–water partition coefficient (Wildman–Crippen LogP) is 5.76. The average Bonchev–Trinajstić information content (AvgIpc) is 3.99. The Kier molecular flexibility index (Phi) is 10.4. The van der Waals surface area contributed by atoms with E-state index in [1.165, 1.54) is 24.6 Å². The standard InChI is InChI=1S/C45H48FN11O4/c46-39-28(10-15-34-38(39)43(61)57(42(34)60)36-16-17-37(58)51-41(36)59)27-53-20-18-32(19-21-53)55-24-22-54(23-25-55)31-13-11-30(12-14-31)48-44-47-26-35-40(52-44)56(33-8-4-5-9-33)45(50-35)49-29-6-2-1-3-7-29/h1-3,6-7,10-15,26,32-33,36H,4-5,8-9,16-25,27H2,(H,49,50)(H,47,48,52)(H,51,58,59). The Balaban J connectivity index is 0.722. The number of rotatable bonds is 10. The lowest BCUT2D eigenvalue weighted by atomic mass is 10.00. The highest BCUT2D eigenvalue weighted by Crippen LogP contribution is 2.37. The van der Waals surface area contributed by atoms with Gasteiger partial charge in [-0.2, -0.15) is 4.98 Å². The minimum atomic E-state index is -1.13. The Morgan fingerprint density at radius 1 is 0.738 bits per heavy atom. The number of amides is 4. The summed E-state index contributed by atoms with van der Waals surface area (Å²) in [5.74, 6) is -2.08. The molecule has 0 radical (unpaired) electrons. The number of halogens is 1. The van der Waals surface area contributed by atoms with Crippen LogP contribution in [0.2, 0.25) is 0 Å². The van der Waals surface area contributed by atoms with E-state index in [0.717, 1.165) is 98.3 Å². The van der Waals surface area contributed by atoms with Gasteiger partial charge in [-0.15, -0.1) is 0 Å². The molecule has 1 unspecified atom stereocenters. The summed E-state index contributed by atoms with van der Waals surface area (Å²) in [7, 11) is 0. The van der Waals surface area contributed by atoms with E-state index in [-0.39, 0.29) is 24.0 Å². The normalized spacial score (nSPS) is 20.8. The first-order valence-electron chi connectivity index (χ1n) is 21.5. The molecule has 15 nitrogen and oxygen atoms in total. The van der Waals surface area contributed by atoms with E-state index in [0.29, 0.717) is 30.1 Å². The van der Waals surface area contributed by atoms with Crippen LogP contribution in [0.25, 0.3) is 11.2 Å². The molecule has 5 aromatic rings. The molecule has 0 bridgehead atoms. The topological polar surface area (TPSA) is 161 Å². The summed E-state index contributed by atoms with van der Waals surface area (Å²) in [4.78, 5) is 72.9. The summed E-state index contributed by atoms with van der Waals surface area (Å²) in [5.41, 5.74) is 4.69. The molecule has 4 amide bonds. The van der Waals surface area contributed by atoms with Crippen molar-refractivity contribution >= 4 is 63.8 Å². The Morgan fingerprint density at radius 3 is 2.21 bits per heavy atom. The summed E-state index contributed by atoms with van der Waals surface area (Å²) < 4.78 is 18.1. The Hall–Kier alpha value is -6.26. The van der Waals surface area contributed by atoms with Crippen LogP contribution >= 0.6 is 0 Å². The molecule has 1 saturated carbocycles. The molecule has 314 valence electrons. The molecule has 3 aromatic carbocycles. The molecule has 3 N–H and O–H groups in total. The lowest BCUT2D eigenvalue weighted by Crippen LogP contribution is -2.54. The SMILES string of the molecule is O=C1CCC(N2C(=O)c3ccc(CN4CCC(N5CCN(c6ccc(Nc7ncc8nc(Nc9ccccc9)n(C9CCCC9)c8n7)cc6)CC5)CC4)c(F)c3C2=O)C(=O)N1. The summed E-state index contributed by atoms with van der Waals surface area (Å²) in [6.07, 6.45) is 8.33. The molecule has 5 aliphatic rings. The number of likely N-dealkylation sites (tertiary alicyclic amines) is 1. The van der Waals surface area contributed by atoms with Crippen molar-refractivity contribution in [3.63, 3.8) is 0 Å². The van der Waals surface area contributed by atoms with Crippen molar-refractivity contribution in [3.8, 4) is 0 Å². The van der Waals surface area contributed by atoms with E-state index in [9.17, 15) is 19.2 Å². The number of nitrogens with one attached hydrogen (secondary N) is 3. The lowest BCUT2D eigenvalue weighted by Gasteiger charge is -2.43. The quantitative estimate of drug-likeness (QED) is 0.147. The van der Waals surface area contributed by atoms with Crippen molar-refractivity contribution < 1.29 is 23.6 Å². The zero-order valence-corrected chi connectivity index (χ0v) is 33.9. The third kappa shape index (κ3) is 7.58. The number of fused-ring (bicyclic) bond motifs is 2. The summed E-state index contributed by atoms with van der Waals surface area (Å²) in [6, 6.07) is 21.3. The molecule has 16 heteroatoms. The molecule has 1 atom stereocenters. The highest BCUT2D eigenvalue weighted by molar-refractivity contribution is 6.23. The number of nitrogens with zero attached hydrogens (tertiary/aromatic N) is 8. The molecule has 3 saturated heterocycles. The van der Waals surface area contributed by atoms with Gasteiger partial charge < -0.3 is 15.5 Å². The van der Waals surface area contributed by atoms with Crippen LogP contribution < -0.4 is 20.9 Å². The number of carbonyl (C=O) groups is 4. The van der Waals surface area contributed by atoms with Gasteiger partial charge in [-0.1, -0.05) is 37.1 Å². The van der Waals surface area contributed by atoms with E-state index in [1.54, 1.807) is 12.3 Å². The Labute approximate surface area is 352 Å². The van der Waals surface area contributed by atoms with Crippen LogP contribution in [-0.2, 0) is 16.1 Å². The number of imide groups is 2. The van der Waals surface area contributed by atoms with Gasteiger partial charge in [-0.05, 0) is 87.7 Å². The fourth-order valence-electron chi connectivity index (χ4n) is 9.79. The maximum absolute atomic E-state index is 15.9. The maximum Gasteiger partial charge on any atom is 0.265 e. The summed E-state index contributed by atoms with van der Waals surface area (Å²) >= 11 is 0. The zero-order chi connectivity index (χ0) is 41.6. The van der Waals surface area contributed by atoms with Gasteiger partial charge in [0.05, 0.1) is 17.3 Å². The van der Waals surface area contributed by atoms with Crippen LogP contribution in [0.15, 0.2) is 72.9 Å². The number of anilines is 5. The largest absolute Gasteiger partial charge is 0.369 e. The van der Waals surface area contributed by atoms with Gasteiger partial charge in [-0.3, -0.25) is 43.8 Å². The molecule has 4 fully saturated rings. The first-order valence-corrected chi connectivity index (χ1v) is 21.5. The highest BCUT2D eigenvalue weighted by Gasteiger charge is 2.46. The number of carbonyl (C=O) groups excluding carboxylic acids is 4. The van der Waals surface area contributed by atoms with Crippen molar-refractivity contribution in [1.82, 2.24) is 39.5 Å². The van der Waals surface area contributed by atoms with E-state index < -0.39 is 35.5 Å². The number of hydrogen-bond donors (Lipinski definition) is 3. The van der Waals surface area contributed by atoms with Crippen LogP contribution in [-0.4, -0.2) is 109 Å². The van der Waals surface area contributed by atoms with Crippen molar-refractivity contribution in [2.75, 3.05) is 54.8 Å². The molecule has 2 aromatic heterocycles. The fraction of sp³-hybridized carbons (Fsp3) is 0.400. The average molecular weight is 826 g/mol. The molecule has 4 aliphatic heterocycles. The number of imidazole rings is 1. The lowest BCUT2D eigenvalue weighted by molar-refractivity contribution is -0.136. The van der Waals surface area contributed by atoms with Crippen LogP contribution in [0, 0.1) is 5.82 Å². The van der Waals surface area contributed by atoms with Gasteiger partial charge in [0.15, 0.2) is 5.65 Å². The monoisotopic (exact) mass is 825 g/mol. The van der Waals surface area contributed by atoms with E-state index in [4.69, 9.17) is 9.97 Å². The molecule has 6 heterocycles. The van der Waals surface area contributed by atoms with Crippen LogP contribution in [0.3, 0.4) is 0 Å². The molecular formula is C45H48FN11O4. The molecule has 61 heavy (non-hydrogen) atoms. The fourth-order valence-corrected chi connectivity index (χ4v) is 9.79. The summed E-state index contributed by atoms with van der Waals surface area (Å²) in [6.45, 7) is 5.64. The van der Waals surface area contributed by atoms with Gasteiger partial charge in [0, 0.05) is 73.9 Å². The maximum atomic E-state index is 15.9. The number of benzene rings is 3. The van der Waals surface area contributed by atoms with Gasteiger partial charge in [0.1, 0.15) is 17.4 Å². The third-order valence-electron chi connectivity index (χ3n) is 13.0. The van der Waals surface area contributed by atoms with Gasteiger partial charge in [-0.25, -0.2) is 14.4 Å². The van der Waals surface area contributed by atoms with Gasteiger partial charge >= 0.3 is 0 Å². The first-order chi connectivity index (χ1) is 29.8. The van der Waals surface area contributed by atoms with Crippen LogP contribution in [0.4, 0.5) is 33.3 Å². The third-order valence-corrected chi connectivity index (χ3v) is 13.0. The second kappa shape index (κ2) is 16.3. The van der Waals surface area contributed by atoms with Crippen molar-refractivity contribution in [2.24, 2.45) is 0 Å². The molecule has 1 aliphatic carbocycles. The number of piperazine rings is 1. The van der Waals surface area contributed by atoms with Crippen molar-refractivity contribution in [2.45, 2.75) is 76.0 Å². The Bertz CT molecular complexity index is 2490. The molecular weight excluding hydrogens is 778 g/mol. The van der Waals surface area contributed by atoms with Gasteiger partial charge in [0.2, 0.25) is 23.7 Å². The van der Waals surface area contributed by atoms with Crippen LogP contribution in [0.1, 0.15) is 83.7 Å². The Morgan fingerprint density at radius 2 is 1.48 bits per heavy atom. The van der Waals surface area contributed by atoms with Crippen molar-refractivity contribution in [3.05, 3.63) is 95.4 Å². The number of piperidine rings is 2. The number of para-hydroxylation sites is 1. The number of hydrogen-bond acceptors (Lipinski definition) is 12. The van der Waals surface area contributed by atoms with Crippen molar-refractivity contribution in [1.29, 1.82) is 0 Å². The predicted molar refractivity (Wildman–Crippen MR) is 227 cm³/mol. The highest BCUT2D eigenvalue weighted by atomic mass is 19.1. The second-order valence-electron chi connectivity index (χ2n) is 16.7. The smallest absolute Gasteiger partial charge is 0.265 e. The van der Waals surface area contributed by atoms with E-state index >= 15 is 4.39 Å². The number of aromatic nitrogens is 4. The first kappa shape index (κ1) is 38.9. The van der Waals surface area contributed by atoms with E-state index in [1.807, 2.05) is 30.3 Å². The zero-order valence-electron chi connectivity index (χ0n) is 33.9. The molecule has 0 spiro atoms. The molecule has 10 rings (SSSR count). The van der Waals surface area contributed by atoms with Crippen LogP contribution in [0.5, 0.6) is 0 Å². The summed E-state index contributed by atoms with van der Waals surface area (Å²) in [5, 5.41) is 9.10. The second-order valence-corrected chi connectivity index (χ2v) is 16.7. The minimum Gasteiger partial charge on any atom is -0.369 e.